The van der Waals surface area contributed by atoms with Crippen LogP contribution < -0.4 is 10.6 Å². The van der Waals surface area contributed by atoms with Crippen molar-refractivity contribution in [2.75, 3.05) is 32.5 Å². The minimum absolute atomic E-state index is 0.0694. The summed E-state index contributed by atoms with van der Waals surface area (Å²) in [5.41, 5.74) is 1.11. The van der Waals surface area contributed by atoms with Gasteiger partial charge in [0.2, 0.25) is 0 Å². The van der Waals surface area contributed by atoms with Gasteiger partial charge >= 0.3 is 11.8 Å². The molecule has 1 rings (SSSR count). The van der Waals surface area contributed by atoms with E-state index in [0.717, 1.165) is 5.56 Å². The number of rotatable bonds is 4. The normalized spacial score (nSPS) is 10.3. The summed E-state index contributed by atoms with van der Waals surface area (Å²) in [4.78, 5) is 25.0. The predicted octanol–water partition coefficient (Wildman–Crippen LogP) is 0.317. The van der Waals surface area contributed by atoms with E-state index in [1.165, 1.54) is 6.07 Å². The Morgan fingerprint density at radius 3 is 2.58 bits per heavy atom. The van der Waals surface area contributed by atoms with Crippen LogP contribution in [0.15, 0.2) is 18.2 Å². The van der Waals surface area contributed by atoms with Crippen LogP contribution in [0.4, 0.5) is 5.69 Å². The Morgan fingerprint density at radius 1 is 1.26 bits per heavy atom. The summed E-state index contributed by atoms with van der Waals surface area (Å²) in [7, 11) is 3.74. The highest BCUT2D eigenvalue weighted by atomic mass is 16.3. The van der Waals surface area contributed by atoms with Gasteiger partial charge in [-0.25, -0.2) is 0 Å². The van der Waals surface area contributed by atoms with Gasteiger partial charge in [-0.3, -0.25) is 9.59 Å². The van der Waals surface area contributed by atoms with Crippen LogP contribution in [-0.2, 0) is 9.59 Å². The summed E-state index contributed by atoms with van der Waals surface area (Å²) < 4.78 is 0. The van der Waals surface area contributed by atoms with Crippen molar-refractivity contribution >= 4 is 17.5 Å². The zero-order valence-electron chi connectivity index (χ0n) is 11.4. The van der Waals surface area contributed by atoms with Crippen molar-refractivity contribution in [2.24, 2.45) is 0 Å². The smallest absolute Gasteiger partial charge is 0.313 e. The molecule has 0 atom stereocenters. The molecule has 0 heterocycles. The van der Waals surface area contributed by atoms with Gasteiger partial charge in [-0.15, -0.1) is 0 Å². The van der Waals surface area contributed by atoms with Gasteiger partial charge in [0.1, 0.15) is 5.75 Å². The Labute approximate surface area is 112 Å². The minimum atomic E-state index is -0.792. The molecule has 0 aliphatic rings. The number of anilines is 1. The maximum atomic E-state index is 11.6. The number of carbonyl (C=O) groups is 2. The Balaban J connectivity index is 2.54. The number of amides is 2. The van der Waals surface area contributed by atoms with Gasteiger partial charge in [0.15, 0.2) is 0 Å². The molecule has 0 saturated heterocycles. The summed E-state index contributed by atoms with van der Waals surface area (Å²) in [5, 5.41) is 14.4. The standard InChI is InChI=1S/C13H19N3O3/c1-9-4-5-11(17)10(8-9)15-13(19)12(18)14-6-7-16(2)3/h4-5,8,17H,6-7H2,1-3H3,(H,14,18)(H,15,19). The number of aryl methyl sites for hydroxylation is 1. The van der Waals surface area contributed by atoms with Crippen LogP contribution in [-0.4, -0.2) is 49.0 Å². The zero-order valence-corrected chi connectivity index (χ0v) is 11.4. The largest absolute Gasteiger partial charge is 0.506 e. The molecule has 104 valence electrons. The highest BCUT2D eigenvalue weighted by Gasteiger charge is 2.14. The third-order valence-electron chi connectivity index (χ3n) is 2.45. The number of hydrogen-bond acceptors (Lipinski definition) is 4. The molecule has 2 amide bonds. The van der Waals surface area contributed by atoms with Gasteiger partial charge in [-0.05, 0) is 38.7 Å². The van der Waals surface area contributed by atoms with E-state index in [9.17, 15) is 14.7 Å². The van der Waals surface area contributed by atoms with Gasteiger partial charge < -0.3 is 20.6 Å². The fourth-order valence-electron chi connectivity index (χ4n) is 1.40. The lowest BCUT2D eigenvalue weighted by Gasteiger charge is -2.11. The molecule has 19 heavy (non-hydrogen) atoms. The molecule has 0 aliphatic carbocycles. The lowest BCUT2D eigenvalue weighted by Crippen LogP contribution is -2.38. The summed E-state index contributed by atoms with van der Waals surface area (Å²) in [6.45, 7) is 2.86. The number of likely N-dealkylation sites (N-methyl/N-ethyl adjacent to an activating group) is 1. The maximum Gasteiger partial charge on any atom is 0.313 e. The minimum Gasteiger partial charge on any atom is -0.506 e. The summed E-state index contributed by atoms with van der Waals surface area (Å²) in [6.07, 6.45) is 0. The molecular weight excluding hydrogens is 246 g/mol. The SMILES string of the molecule is Cc1ccc(O)c(NC(=O)C(=O)NCCN(C)C)c1. The second-order valence-corrected chi connectivity index (χ2v) is 4.53. The third-order valence-corrected chi connectivity index (χ3v) is 2.45. The van der Waals surface area contributed by atoms with Crippen molar-refractivity contribution in [1.82, 2.24) is 10.2 Å². The van der Waals surface area contributed by atoms with E-state index < -0.39 is 11.8 Å². The first-order chi connectivity index (χ1) is 8.90. The highest BCUT2D eigenvalue weighted by Crippen LogP contribution is 2.23. The second kappa shape index (κ2) is 6.75. The molecule has 0 aliphatic heterocycles. The Bertz CT molecular complexity index is 472. The van der Waals surface area contributed by atoms with E-state index in [1.807, 2.05) is 25.9 Å². The van der Waals surface area contributed by atoms with E-state index in [2.05, 4.69) is 10.6 Å². The van der Waals surface area contributed by atoms with Crippen molar-refractivity contribution in [1.29, 1.82) is 0 Å². The average Bonchev–Trinajstić information content (AvgIpc) is 2.33. The van der Waals surface area contributed by atoms with Crippen LogP contribution in [0.2, 0.25) is 0 Å². The van der Waals surface area contributed by atoms with Gasteiger partial charge in [0.05, 0.1) is 5.69 Å². The molecule has 6 heteroatoms. The first kappa shape index (κ1) is 15.0. The van der Waals surface area contributed by atoms with Crippen molar-refractivity contribution in [3.05, 3.63) is 23.8 Å². The zero-order chi connectivity index (χ0) is 14.4. The molecule has 1 aromatic rings. The third kappa shape index (κ3) is 4.97. The molecule has 0 bridgehead atoms. The molecule has 6 nitrogen and oxygen atoms in total. The Hall–Kier alpha value is -2.08. The highest BCUT2D eigenvalue weighted by molar-refractivity contribution is 6.39. The fraction of sp³-hybridized carbons (Fsp3) is 0.385. The van der Waals surface area contributed by atoms with E-state index in [0.29, 0.717) is 13.1 Å². The van der Waals surface area contributed by atoms with Crippen LogP contribution >= 0.6 is 0 Å². The number of phenolic OH excluding ortho intramolecular Hbond substituents is 1. The number of aromatic hydroxyl groups is 1. The number of benzene rings is 1. The Kier molecular flexibility index (Phi) is 5.32. The lowest BCUT2D eigenvalue weighted by molar-refractivity contribution is -0.136. The van der Waals surface area contributed by atoms with Gasteiger partial charge in [-0.1, -0.05) is 6.07 Å². The van der Waals surface area contributed by atoms with E-state index >= 15 is 0 Å². The van der Waals surface area contributed by atoms with Crippen molar-refractivity contribution in [2.45, 2.75) is 6.92 Å². The fourth-order valence-corrected chi connectivity index (χ4v) is 1.40. The van der Waals surface area contributed by atoms with E-state index in [4.69, 9.17) is 0 Å². The number of nitrogens with zero attached hydrogens (tertiary/aromatic N) is 1. The quantitative estimate of drug-likeness (QED) is 0.541. The number of phenols is 1. The number of hydrogen-bond donors (Lipinski definition) is 3. The summed E-state index contributed by atoms with van der Waals surface area (Å²) >= 11 is 0. The van der Waals surface area contributed by atoms with Crippen LogP contribution in [0.3, 0.4) is 0 Å². The van der Waals surface area contributed by atoms with Crippen LogP contribution in [0.1, 0.15) is 5.56 Å². The average molecular weight is 265 g/mol. The van der Waals surface area contributed by atoms with Crippen molar-refractivity contribution < 1.29 is 14.7 Å². The van der Waals surface area contributed by atoms with Crippen LogP contribution in [0.25, 0.3) is 0 Å². The molecule has 0 aromatic heterocycles. The van der Waals surface area contributed by atoms with Gasteiger partial charge in [0, 0.05) is 13.1 Å². The second-order valence-electron chi connectivity index (χ2n) is 4.53. The predicted molar refractivity (Wildman–Crippen MR) is 73.0 cm³/mol. The monoisotopic (exact) mass is 265 g/mol. The van der Waals surface area contributed by atoms with Crippen molar-refractivity contribution in [3.63, 3.8) is 0 Å². The van der Waals surface area contributed by atoms with Gasteiger partial charge in [0.25, 0.3) is 0 Å². The molecule has 1 aromatic carbocycles. The van der Waals surface area contributed by atoms with Crippen LogP contribution in [0.5, 0.6) is 5.75 Å². The van der Waals surface area contributed by atoms with E-state index in [1.54, 1.807) is 12.1 Å². The molecular formula is C13H19N3O3. The maximum absolute atomic E-state index is 11.6. The van der Waals surface area contributed by atoms with E-state index in [-0.39, 0.29) is 11.4 Å². The number of nitrogens with one attached hydrogen (secondary N) is 2. The van der Waals surface area contributed by atoms with Gasteiger partial charge in [-0.2, -0.15) is 0 Å². The Morgan fingerprint density at radius 2 is 1.95 bits per heavy atom. The number of carbonyl (C=O) groups excluding carboxylic acids is 2. The molecule has 0 fully saturated rings. The summed E-state index contributed by atoms with van der Waals surface area (Å²) in [6, 6.07) is 4.78. The molecule has 0 radical (unpaired) electrons. The topological polar surface area (TPSA) is 81.7 Å². The molecule has 3 N–H and O–H groups in total. The summed E-state index contributed by atoms with van der Waals surface area (Å²) in [5.74, 6) is -1.58. The van der Waals surface area contributed by atoms with Crippen molar-refractivity contribution in [3.8, 4) is 5.75 Å². The molecule has 0 spiro atoms. The molecule has 0 saturated carbocycles. The van der Waals surface area contributed by atoms with Crippen LogP contribution in [0, 0.1) is 6.92 Å². The molecule has 0 unspecified atom stereocenters. The lowest BCUT2D eigenvalue weighted by atomic mass is 10.2. The first-order valence-electron chi connectivity index (χ1n) is 5.93. The first-order valence-corrected chi connectivity index (χ1v) is 5.93.